The van der Waals surface area contributed by atoms with E-state index in [9.17, 15) is 14.7 Å². The van der Waals surface area contributed by atoms with Crippen LogP contribution in [0.5, 0.6) is 5.75 Å². The second-order valence-electron chi connectivity index (χ2n) is 7.84. The van der Waals surface area contributed by atoms with Gasteiger partial charge in [-0.25, -0.2) is 0 Å². The van der Waals surface area contributed by atoms with E-state index in [1.54, 1.807) is 48.5 Å². The summed E-state index contributed by atoms with van der Waals surface area (Å²) in [6.45, 7) is 0.876. The summed E-state index contributed by atoms with van der Waals surface area (Å²) in [4.78, 5) is 27.2. The number of hydrogen-bond donors (Lipinski definition) is 1. The van der Waals surface area contributed by atoms with Crippen molar-refractivity contribution in [1.82, 2.24) is 4.90 Å². The Morgan fingerprint density at radius 2 is 1.65 bits per heavy atom. The fraction of sp³-hybridized carbons (Fsp3) is 0.185. The molecule has 0 aromatic heterocycles. The van der Waals surface area contributed by atoms with Crippen molar-refractivity contribution in [3.8, 4) is 5.75 Å². The number of nitrogens with zero attached hydrogens (tertiary/aromatic N) is 1. The Labute approximate surface area is 203 Å². The van der Waals surface area contributed by atoms with Crippen molar-refractivity contribution >= 4 is 29.1 Å². The lowest BCUT2D eigenvalue weighted by atomic mass is 9.95. The molecule has 0 saturated carbocycles. The molecule has 34 heavy (non-hydrogen) atoms. The summed E-state index contributed by atoms with van der Waals surface area (Å²) in [7, 11) is 1.53. The van der Waals surface area contributed by atoms with Gasteiger partial charge in [-0.1, -0.05) is 54.1 Å². The number of halogens is 1. The summed E-state index contributed by atoms with van der Waals surface area (Å²) in [5.41, 5.74) is 2.16. The van der Waals surface area contributed by atoms with E-state index in [1.807, 2.05) is 30.3 Å². The van der Waals surface area contributed by atoms with Gasteiger partial charge in [0.1, 0.15) is 18.1 Å². The van der Waals surface area contributed by atoms with Gasteiger partial charge in [-0.05, 0) is 47.5 Å². The van der Waals surface area contributed by atoms with Crippen molar-refractivity contribution in [3.05, 3.63) is 106 Å². The van der Waals surface area contributed by atoms with Crippen LogP contribution in [0.1, 0.15) is 22.7 Å². The number of benzene rings is 3. The van der Waals surface area contributed by atoms with Gasteiger partial charge >= 0.3 is 0 Å². The molecule has 0 radical (unpaired) electrons. The first-order valence-corrected chi connectivity index (χ1v) is 11.2. The van der Waals surface area contributed by atoms with Gasteiger partial charge in [-0.3, -0.25) is 9.59 Å². The van der Waals surface area contributed by atoms with E-state index in [0.29, 0.717) is 28.5 Å². The molecule has 4 rings (SSSR count). The zero-order chi connectivity index (χ0) is 24.1. The Morgan fingerprint density at radius 1 is 0.971 bits per heavy atom. The van der Waals surface area contributed by atoms with Gasteiger partial charge < -0.3 is 19.5 Å². The number of Topliss-reactive ketones (excluding diaryl/α,β-unsaturated/α-hetero) is 1. The largest absolute Gasteiger partial charge is 0.507 e. The third kappa shape index (κ3) is 4.98. The van der Waals surface area contributed by atoms with Crippen molar-refractivity contribution in [2.75, 3.05) is 20.3 Å². The molecule has 1 aliphatic rings. The summed E-state index contributed by atoms with van der Waals surface area (Å²) >= 11 is 5.96. The van der Waals surface area contributed by atoms with Gasteiger partial charge in [0.15, 0.2) is 0 Å². The second-order valence-corrected chi connectivity index (χ2v) is 8.27. The molecule has 3 aromatic rings. The number of aliphatic hydroxyl groups excluding tert-OH is 1. The summed E-state index contributed by atoms with van der Waals surface area (Å²) in [6, 6.07) is 22.7. The minimum absolute atomic E-state index is 0.0291. The van der Waals surface area contributed by atoms with E-state index in [0.717, 1.165) is 5.56 Å². The fourth-order valence-electron chi connectivity index (χ4n) is 3.90. The van der Waals surface area contributed by atoms with Crippen molar-refractivity contribution in [3.63, 3.8) is 0 Å². The Morgan fingerprint density at radius 3 is 2.29 bits per heavy atom. The second kappa shape index (κ2) is 10.5. The van der Waals surface area contributed by atoms with E-state index < -0.39 is 17.7 Å². The van der Waals surface area contributed by atoms with Gasteiger partial charge in [0.05, 0.1) is 18.2 Å². The Kier molecular flexibility index (Phi) is 7.30. The van der Waals surface area contributed by atoms with E-state index in [4.69, 9.17) is 21.1 Å². The third-order valence-corrected chi connectivity index (χ3v) is 5.89. The number of carbonyl (C=O) groups is 2. The number of hydrogen-bond acceptors (Lipinski definition) is 5. The Bertz CT molecular complexity index is 1190. The summed E-state index contributed by atoms with van der Waals surface area (Å²) in [5, 5.41) is 11.5. The standard InChI is InChI=1S/C27H24ClNO5/c1-33-16-15-29-24(19-9-13-22(14-10-19)34-17-18-5-3-2-4-6-18)23(26(31)27(29)32)25(30)20-7-11-21(28)12-8-20/h2-14,24,30H,15-17H2,1H3/b25-23+. The predicted molar refractivity (Wildman–Crippen MR) is 130 cm³/mol. The lowest BCUT2D eigenvalue weighted by molar-refractivity contribution is -0.140. The van der Waals surface area contributed by atoms with Crippen LogP contribution in [0.25, 0.3) is 5.76 Å². The first kappa shape index (κ1) is 23.5. The minimum Gasteiger partial charge on any atom is -0.507 e. The SMILES string of the molecule is COCCN1C(=O)C(=O)/C(=C(/O)c2ccc(Cl)cc2)C1c1ccc(OCc2ccccc2)cc1. The van der Waals surface area contributed by atoms with Gasteiger partial charge in [0.2, 0.25) is 0 Å². The maximum atomic E-state index is 13.0. The third-order valence-electron chi connectivity index (χ3n) is 5.64. The van der Waals surface area contributed by atoms with E-state index in [2.05, 4.69) is 0 Å². The molecule has 1 N–H and O–H groups in total. The molecule has 1 unspecified atom stereocenters. The van der Waals surface area contributed by atoms with Crippen LogP contribution in [0.2, 0.25) is 5.02 Å². The molecule has 3 aromatic carbocycles. The van der Waals surface area contributed by atoms with Gasteiger partial charge in [-0.15, -0.1) is 0 Å². The average molecular weight is 478 g/mol. The molecule has 1 saturated heterocycles. The highest BCUT2D eigenvalue weighted by molar-refractivity contribution is 6.46. The van der Waals surface area contributed by atoms with Crippen molar-refractivity contribution in [2.24, 2.45) is 0 Å². The molecule has 1 fully saturated rings. The number of aliphatic hydroxyl groups is 1. The first-order valence-electron chi connectivity index (χ1n) is 10.8. The minimum atomic E-state index is -0.756. The summed E-state index contributed by atoms with van der Waals surface area (Å²) < 4.78 is 11.0. The Hall–Kier alpha value is -3.61. The highest BCUT2D eigenvalue weighted by Gasteiger charge is 2.45. The van der Waals surface area contributed by atoms with Gasteiger partial charge in [0.25, 0.3) is 11.7 Å². The average Bonchev–Trinajstić information content (AvgIpc) is 3.12. The number of likely N-dealkylation sites (tertiary alicyclic amines) is 1. The lowest BCUT2D eigenvalue weighted by Gasteiger charge is -2.25. The molecular formula is C27H24ClNO5. The maximum absolute atomic E-state index is 13.0. The molecule has 0 spiro atoms. The van der Waals surface area contributed by atoms with E-state index in [1.165, 1.54) is 12.0 Å². The number of methoxy groups -OCH3 is 1. The highest BCUT2D eigenvalue weighted by atomic mass is 35.5. The topological polar surface area (TPSA) is 76.1 Å². The summed E-state index contributed by atoms with van der Waals surface area (Å²) in [5.74, 6) is -1.01. The quantitative estimate of drug-likeness (QED) is 0.281. The molecule has 0 aliphatic carbocycles. The fourth-order valence-corrected chi connectivity index (χ4v) is 4.02. The lowest BCUT2D eigenvalue weighted by Crippen LogP contribution is -2.32. The molecule has 1 amide bonds. The molecule has 7 heteroatoms. The van der Waals surface area contributed by atoms with Crippen LogP contribution in [-0.2, 0) is 20.9 Å². The van der Waals surface area contributed by atoms with Gasteiger partial charge in [-0.2, -0.15) is 0 Å². The van der Waals surface area contributed by atoms with Crippen LogP contribution in [0.3, 0.4) is 0 Å². The molecule has 174 valence electrons. The van der Waals surface area contributed by atoms with E-state index >= 15 is 0 Å². The van der Waals surface area contributed by atoms with Crippen molar-refractivity contribution in [2.45, 2.75) is 12.6 Å². The highest BCUT2D eigenvalue weighted by Crippen LogP contribution is 2.39. The Balaban J connectivity index is 1.67. The summed E-state index contributed by atoms with van der Waals surface area (Å²) in [6.07, 6.45) is 0. The van der Waals surface area contributed by atoms with Gasteiger partial charge in [0, 0.05) is 24.2 Å². The number of carbonyl (C=O) groups excluding carboxylic acids is 2. The number of ketones is 1. The molecule has 1 atom stereocenters. The van der Waals surface area contributed by atoms with Crippen molar-refractivity contribution in [1.29, 1.82) is 0 Å². The van der Waals surface area contributed by atoms with Crippen LogP contribution >= 0.6 is 11.6 Å². The number of rotatable bonds is 8. The van der Waals surface area contributed by atoms with Crippen LogP contribution in [0, 0.1) is 0 Å². The molecular weight excluding hydrogens is 454 g/mol. The van der Waals surface area contributed by atoms with Crippen LogP contribution in [-0.4, -0.2) is 42.0 Å². The normalized spacial score (nSPS) is 17.2. The first-order chi connectivity index (χ1) is 16.5. The molecule has 0 bridgehead atoms. The van der Waals surface area contributed by atoms with Crippen LogP contribution < -0.4 is 4.74 Å². The number of amides is 1. The molecule has 6 nitrogen and oxygen atoms in total. The monoisotopic (exact) mass is 477 g/mol. The maximum Gasteiger partial charge on any atom is 0.295 e. The smallest absolute Gasteiger partial charge is 0.295 e. The zero-order valence-corrected chi connectivity index (χ0v) is 19.4. The zero-order valence-electron chi connectivity index (χ0n) is 18.6. The van der Waals surface area contributed by atoms with E-state index in [-0.39, 0.29) is 24.5 Å². The van der Waals surface area contributed by atoms with Crippen LogP contribution in [0.4, 0.5) is 0 Å². The van der Waals surface area contributed by atoms with Crippen molar-refractivity contribution < 1.29 is 24.2 Å². The van der Waals surface area contributed by atoms with Crippen LogP contribution in [0.15, 0.2) is 84.4 Å². The number of ether oxygens (including phenoxy) is 2. The molecule has 1 aliphatic heterocycles. The predicted octanol–water partition coefficient (Wildman–Crippen LogP) is 4.99. The molecule has 1 heterocycles.